The maximum atomic E-state index is 3.85. The predicted octanol–water partition coefficient (Wildman–Crippen LogP) is 4.30. The summed E-state index contributed by atoms with van der Waals surface area (Å²) in [4.78, 5) is 2.68. The number of piperidine rings is 1. The Morgan fingerprint density at radius 1 is 1.19 bits per heavy atom. The Hall–Kier alpha value is -0.0800. The summed E-state index contributed by atoms with van der Waals surface area (Å²) in [6, 6.07) is 0.700. The molecule has 4 unspecified atom stereocenters. The van der Waals surface area contributed by atoms with Crippen molar-refractivity contribution in [1.29, 1.82) is 0 Å². The molecule has 124 valence electrons. The molecule has 0 aromatic rings. The fourth-order valence-corrected chi connectivity index (χ4v) is 4.52. The maximum Gasteiger partial charge on any atom is 0.00792 e. The zero-order valence-corrected chi connectivity index (χ0v) is 14.7. The normalized spacial score (nSPS) is 33.0. The standard InChI is InChI=1S/C19H38N2/c1-4-12-21-13-6-9-19(15-21)17(3)20-11-10-18-8-5-7-16(2)14-18/h16-20H,4-15H2,1-3H3. The van der Waals surface area contributed by atoms with Gasteiger partial charge in [0.05, 0.1) is 0 Å². The van der Waals surface area contributed by atoms with E-state index < -0.39 is 0 Å². The highest BCUT2D eigenvalue weighted by Crippen LogP contribution is 2.30. The summed E-state index contributed by atoms with van der Waals surface area (Å²) < 4.78 is 0. The van der Waals surface area contributed by atoms with Gasteiger partial charge < -0.3 is 10.2 Å². The van der Waals surface area contributed by atoms with Gasteiger partial charge in [-0.2, -0.15) is 0 Å². The van der Waals surface area contributed by atoms with E-state index >= 15 is 0 Å². The first-order valence-electron chi connectivity index (χ1n) is 9.64. The van der Waals surface area contributed by atoms with E-state index in [4.69, 9.17) is 0 Å². The van der Waals surface area contributed by atoms with Crippen molar-refractivity contribution in [2.24, 2.45) is 17.8 Å². The van der Waals surface area contributed by atoms with Gasteiger partial charge in [0.15, 0.2) is 0 Å². The fraction of sp³-hybridized carbons (Fsp3) is 1.00. The minimum absolute atomic E-state index is 0.700. The number of hydrogen-bond donors (Lipinski definition) is 1. The highest BCUT2D eigenvalue weighted by atomic mass is 15.1. The second-order valence-corrected chi connectivity index (χ2v) is 7.87. The molecule has 0 spiro atoms. The molecule has 2 aliphatic rings. The van der Waals surface area contributed by atoms with E-state index in [1.165, 1.54) is 77.5 Å². The second-order valence-electron chi connectivity index (χ2n) is 7.87. The SMILES string of the molecule is CCCN1CCCC(C(C)NCCC2CCCC(C)C2)C1. The quantitative estimate of drug-likeness (QED) is 0.753. The molecule has 1 heterocycles. The molecular formula is C19H38N2. The number of nitrogens with one attached hydrogen (secondary N) is 1. The molecule has 1 aliphatic carbocycles. The van der Waals surface area contributed by atoms with Gasteiger partial charge in [0.1, 0.15) is 0 Å². The molecule has 0 aromatic heterocycles. The third-order valence-corrected chi connectivity index (χ3v) is 5.85. The van der Waals surface area contributed by atoms with Gasteiger partial charge in [0.25, 0.3) is 0 Å². The molecule has 4 atom stereocenters. The van der Waals surface area contributed by atoms with E-state index in [2.05, 4.69) is 31.0 Å². The molecule has 1 saturated carbocycles. The first-order chi connectivity index (χ1) is 10.2. The summed E-state index contributed by atoms with van der Waals surface area (Å²) in [5, 5.41) is 3.85. The second kappa shape index (κ2) is 9.15. The van der Waals surface area contributed by atoms with Gasteiger partial charge >= 0.3 is 0 Å². The molecule has 0 aromatic carbocycles. The molecule has 0 amide bonds. The van der Waals surface area contributed by atoms with E-state index in [9.17, 15) is 0 Å². The Labute approximate surface area is 133 Å². The lowest BCUT2D eigenvalue weighted by molar-refractivity contribution is 0.149. The number of hydrogen-bond acceptors (Lipinski definition) is 2. The van der Waals surface area contributed by atoms with Crippen molar-refractivity contribution in [2.75, 3.05) is 26.2 Å². The van der Waals surface area contributed by atoms with Crippen molar-refractivity contribution in [3.63, 3.8) is 0 Å². The fourth-order valence-electron chi connectivity index (χ4n) is 4.52. The Morgan fingerprint density at radius 3 is 2.81 bits per heavy atom. The monoisotopic (exact) mass is 294 g/mol. The smallest absolute Gasteiger partial charge is 0.00792 e. The summed E-state index contributed by atoms with van der Waals surface area (Å²) in [5.74, 6) is 2.84. The molecule has 0 bridgehead atoms. The van der Waals surface area contributed by atoms with Gasteiger partial charge in [-0.3, -0.25) is 0 Å². The van der Waals surface area contributed by atoms with Crippen LogP contribution in [-0.4, -0.2) is 37.1 Å². The lowest BCUT2D eigenvalue weighted by Gasteiger charge is -2.36. The Morgan fingerprint density at radius 2 is 2.05 bits per heavy atom. The van der Waals surface area contributed by atoms with Crippen LogP contribution in [0.3, 0.4) is 0 Å². The van der Waals surface area contributed by atoms with E-state index in [1.807, 2.05) is 0 Å². The van der Waals surface area contributed by atoms with Crippen LogP contribution in [-0.2, 0) is 0 Å². The van der Waals surface area contributed by atoms with Crippen LogP contribution in [0.25, 0.3) is 0 Å². The summed E-state index contributed by atoms with van der Waals surface area (Å²) in [7, 11) is 0. The van der Waals surface area contributed by atoms with Gasteiger partial charge in [0.2, 0.25) is 0 Å². The first kappa shape index (κ1) is 17.3. The lowest BCUT2D eigenvalue weighted by Crippen LogP contribution is -2.45. The maximum absolute atomic E-state index is 3.85. The summed E-state index contributed by atoms with van der Waals surface area (Å²) in [6.45, 7) is 12.3. The zero-order valence-electron chi connectivity index (χ0n) is 14.7. The number of nitrogens with zero attached hydrogens (tertiary/aromatic N) is 1. The van der Waals surface area contributed by atoms with E-state index in [0.29, 0.717) is 6.04 Å². The Bertz CT molecular complexity index is 277. The average molecular weight is 295 g/mol. The van der Waals surface area contributed by atoms with Crippen LogP contribution >= 0.6 is 0 Å². The summed E-state index contributed by atoms with van der Waals surface area (Å²) in [5.41, 5.74) is 0. The van der Waals surface area contributed by atoms with Crippen molar-refractivity contribution in [3.8, 4) is 0 Å². The van der Waals surface area contributed by atoms with Crippen molar-refractivity contribution < 1.29 is 0 Å². The highest BCUT2D eigenvalue weighted by molar-refractivity contribution is 4.81. The third-order valence-electron chi connectivity index (χ3n) is 5.85. The van der Waals surface area contributed by atoms with Crippen molar-refractivity contribution in [1.82, 2.24) is 10.2 Å². The molecule has 1 saturated heterocycles. The van der Waals surface area contributed by atoms with Crippen molar-refractivity contribution in [2.45, 2.75) is 78.2 Å². The van der Waals surface area contributed by atoms with E-state index in [1.54, 1.807) is 0 Å². The summed E-state index contributed by atoms with van der Waals surface area (Å²) >= 11 is 0. The number of rotatable bonds is 7. The van der Waals surface area contributed by atoms with Crippen LogP contribution in [0, 0.1) is 17.8 Å². The minimum atomic E-state index is 0.700. The highest BCUT2D eigenvalue weighted by Gasteiger charge is 2.24. The molecule has 1 aliphatic heterocycles. The van der Waals surface area contributed by atoms with Gasteiger partial charge in [0, 0.05) is 12.6 Å². The van der Waals surface area contributed by atoms with Crippen LogP contribution in [0.15, 0.2) is 0 Å². The zero-order chi connectivity index (χ0) is 15.1. The molecule has 2 nitrogen and oxygen atoms in total. The van der Waals surface area contributed by atoms with E-state index in [-0.39, 0.29) is 0 Å². The van der Waals surface area contributed by atoms with Crippen LogP contribution in [0.4, 0.5) is 0 Å². The van der Waals surface area contributed by atoms with E-state index in [0.717, 1.165) is 17.8 Å². The molecular weight excluding hydrogens is 256 g/mol. The topological polar surface area (TPSA) is 15.3 Å². The van der Waals surface area contributed by atoms with Crippen molar-refractivity contribution >= 4 is 0 Å². The van der Waals surface area contributed by atoms with Gasteiger partial charge in [-0.1, -0.05) is 33.1 Å². The van der Waals surface area contributed by atoms with Gasteiger partial charge in [-0.25, -0.2) is 0 Å². The molecule has 2 fully saturated rings. The van der Waals surface area contributed by atoms with Crippen LogP contribution in [0.1, 0.15) is 72.1 Å². The van der Waals surface area contributed by atoms with Crippen LogP contribution in [0.5, 0.6) is 0 Å². The molecule has 0 radical (unpaired) electrons. The predicted molar refractivity (Wildman–Crippen MR) is 92.7 cm³/mol. The van der Waals surface area contributed by atoms with Gasteiger partial charge in [-0.05, 0) is 76.4 Å². The Balaban J connectivity index is 1.63. The van der Waals surface area contributed by atoms with Crippen molar-refractivity contribution in [3.05, 3.63) is 0 Å². The average Bonchev–Trinajstić information content (AvgIpc) is 2.48. The molecule has 21 heavy (non-hydrogen) atoms. The summed E-state index contributed by atoms with van der Waals surface area (Å²) in [6.07, 6.45) is 11.4. The molecule has 2 rings (SSSR count). The minimum Gasteiger partial charge on any atom is -0.314 e. The van der Waals surface area contributed by atoms with Crippen LogP contribution < -0.4 is 5.32 Å². The lowest BCUT2D eigenvalue weighted by atomic mass is 9.81. The number of likely N-dealkylation sites (tertiary alicyclic amines) is 1. The van der Waals surface area contributed by atoms with Gasteiger partial charge in [-0.15, -0.1) is 0 Å². The first-order valence-corrected chi connectivity index (χ1v) is 9.64. The third kappa shape index (κ3) is 5.90. The van der Waals surface area contributed by atoms with Crippen LogP contribution in [0.2, 0.25) is 0 Å². The molecule has 2 heteroatoms. The largest absolute Gasteiger partial charge is 0.314 e. The Kier molecular flexibility index (Phi) is 7.53. The molecule has 1 N–H and O–H groups in total.